The second-order valence-electron chi connectivity index (χ2n) is 5.24. The molecular weight excluding hydrogens is 345 g/mol. The Kier molecular flexibility index (Phi) is 4.70. The van der Waals surface area contributed by atoms with E-state index in [0.717, 1.165) is 17.7 Å². The molecule has 2 aromatic rings. The molecule has 0 spiro atoms. The number of hydrogen-bond acceptors (Lipinski definition) is 3. The fourth-order valence-corrected chi connectivity index (χ4v) is 2.98. The number of carbonyl (C=O) groups is 1. The average molecular weight is 358 g/mol. The van der Waals surface area contributed by atoms with Crippen LogP contribution in [0.4, 0.5) is 13.2 Å². The largest absolute Gasteiger partial charge is 0.501 e. The molecule has 4 nitrogen and oxygen atoms in total. The van der Waals surface area contributed by atoms with Gasteiger partial charge in [0, 0.05) is 0 Å². The molecule has 0 saturated heterocycles. The summed E-state index contributed by atoms with van der Waals surface area (Å²) in [5, 5.41) is 9.17. The number of sulfone groups is 1. The van der Waals surface area contributed by atoms with Crippen LogP contribution in [0.5, 0.6) is 0 Å². The summed E-state index contributed by atoms with van der Waals surface area (Å²) in [6.45, 7) is 1.79. The Labute approximate surface area is 136 Å². The normalized spacial score (nSPS) is 12.2. The summed E-state index contributed by atoms with van der Waals surface area (Å²) < 4.78 is 60.1. The van der Waals surface area contributed by atoms with E-state index < -0.39 is 26.2 Å². The van der Waals surface area contributed by atoms with Gasteiger partial charge in [-0.05, 0) is 42.7 Å². The summed E-state index contributed by atoms with van der Waals surface area (Å²) in [7, 11) is -5.39. The van der Waals surface area contributed by atoms with Crippen molar-refractivity contribution in [1.29, 1.82) is 0 Å². The Morgan fingerprint density at radius 1 is 1.08 bits per heavy atom. The van der Waals surface area contributed by atoms with Crippen molar-refractivity contribution in [3.8, 4) is 0 Å². The smallest absolute Gasteiger partial charge is 0.478 e. The van der Waals surface area contributed by atoms with Crippen molar-refractivity contribution >= 4 is 15.8 Å². The van der Waals surface area contributed by atoms with E-state index in [4.69, 9.17) is 0 Å². The van der Waals surface area contributed by atoms with Gasteiger partial charge in [-0.25, -0.2) is 13.2 Å². The van der Waals surface area contributed by atoms with Crippen molar-refractivity contribution < 1.29 is 31.5 Å². The molecule has 0 unspecified atom stereocenters. The van der Waals surface area contributed by atoms with E-state index >= 15 is 0 Å². The van der Waals surface area contributed by atoms with Crippen LogP contribution in [0, 0.1) is 6.92 Å². The molecule has 0 fully saturated rings. The molecule has 0 heterocycles. The van der Waals surface area contributed by atoms with E-state index in [2.05, 4.69) is 0 Å². The van der Waals surface area contributed by atoms with Gasteiger partial charge in [0.15, 0.2) is 0 Å². The second kappa shape index (κ2) is 6.27. The number of aryl methyl sites for hydroxylation is 1. The van der Waals surface area contributed by atoms with E-state index in [0.29, 0.717) is 11.1 Å². The van der Waals surface area contributed by atoms with Gasteiger partial charge in [0.05, 0.1) is 10.5 Å². The van der Waals surface area contributed by atoms with E-state index in [9.17, 15) is 31.5 Å². The van der Waals surface area contributed by atoms with Gasteiger partial charge in [-0.3, -0.25) is 0 Å². The molecule has 0 aliphatic heterocycles. The minimum Gasteiger partial charge on any atom is -0.478 e. The lowest BCUT2D eigenvalue weighted by Gasteiger charge is -2.10. The lowest BCUT2D eigenvalue weighted by molar-refractivity contribution is -0.0436. The van der Waals surface area contributed by atoms with Gasteiger partial charge in [-0.2, -0.15) is 13.2 Å². The Morgan fingerprint density at radius 2 is 1.67 bits per heavy atom. The van der Waals surface area contributed by atoms with Gasteiger partial charge < -0.3 is 5.11 Å². The van der Waals surface area contributed by atoms with Crippen molar-refractivity contribution in [2.45, 2.75) is 23.7 Å². The monoisotopic (exact) mass is 358 g/mol. The first kappa shape index (κ1) is 18.0. The van der Waals surface area contributed by atoms with Crippen LogP contribution >= 0.6 is 0 Å². The van der Waals surface area contributed by atoms with Crippen LogP contribution < -0.4 is 0 Å². The minimum atomic E-state index is -5.39. The third-order valence-corrected chi connectivity index (χ3v) is 4.93. The van der Waals surface area contributed by atoms with Gasteiger partial charge in [0.2, 0.25) is 0 Å². The topological polar surface area (TPSA) is 71.4 Å². The number of alkyl halides is 3. The molecule has 0 bridgehead atoms. The van der Waals surface area contributed by atoms with Crippen molar-refractivity contribution in [2.75, 3.05) is 0 Å². The summed E-state index contributed by atoms with van der Waals surface area (Å²) in [5.74, 6) is -1.11. The highest BCUT2D eigenvalue weighted by Gasteiger charge is 2.46. The van der Waals surface area contributed by atoms with E-state index in [1.165, 1.54) is 18.2 Å². The van der Waals surface area contributed by atoms with Gasteiger partial charge in [0.25, 0.3) is 9.84 Å². The number of carboxylic acids is 1. The number of rotatable bonds is 4. The zero-order valence-corrected chi connectivity index (χ0v) is 13.3. The third kappa shape index (κ3) is 3.59. The molecule has 0 saturated carbocycles. The zero-order valence-electron chi connectivity index (χ0n) is 12.5. The van der Waals surface area contributed by atoms with Crippen LogP contribution in [-0.4, -0.2) is 25.0 Å². The first-order valence-electron chi connectivity index (χ1n) is 6.75. The van der Waals surface area contributed by atoms with Crippen LogP contribution in [0.3, 0.4) is 0 Å². The predicted molar refractivity (Wildman–Crippen MR) is 80.6 cm³/mol. The number of halogens is 3. The lowest BCUT2D eigenvalue weighted by Crippen LogP contribution is -2.23. The van der Waals surface area contributed by atoms with Gasteiger partial charge in [-0.15, -0.1) is 0 Å². The highest BCUT2D eigenvalue weighted by atomic mass is 32.2. The first-order chi connectivity index (χ1) is 11.0. The van der Waals surface area contributed by atoms with Crippen LogP contribution in [0.15, 0.2) is 47.4 Å². The number of carboxylic acid groups (broad SMARTS) is 1. The maximum absolute atomic E-state index is 12.5. The van der Waals surface area contributed by atoms with Crippen LogP contribution in [-0.2, 0) is 16.3 Å². The maximum atomic E-state index is 12.5. The van der Waals surface area contributed by atoms with Crippen molar-refractivity contribution in [1.82, 2.24) is 0 Å². The Balaban J connectivity index is 2.34. The minimum absolute atomic E-state index is 0.0904. The predicted octanol–water partition coefficient (Wildman–Crippen LogP) is 3.58. The molecule has 24 heavy (non-hydrogen) atoms. The molecule has 0 radical (unpaired) electrons. The fraction of sp³-hybridized carbons (Fsp3) is 0.188. The number of hydrogen-bond donors (Lipinski definition) is 1. The molecule has 2 aromatic carbocycles. The average Bonchev–Trinajstić information content (AvgIpc) is 2.46. The quantitative estimate of drug-likeness (QED) is 0.907. The molecule has 1 N–H and O–H groups in total. The fourth-order valence-electron chi connectivity index (χ4n) is 2.22. The van der Waals surface area contributed by atoms with Crippen molar-refractivity contribution in [3.05, 3.63) is 64.7 Å². The molecule has 0 aliphatic rings. The second-order valence-corrected chi connectivity index (χ2v) is 7.18. The highest BCUT2D eigenvalue weighted by Crippen LogP contribution is 2.30. The van der Waals surface area contributed by atoms with Gasteiger partial charge in [-0.1, -0.05) is 29.8 Å². The molecule has 0 atom stereocenters. The molecular formula is C16H13F3O4S. The van der Waals surface area contributed by atoms with Crippen LogP contribution in [0.25, 0.3) is 0 Å². The van der Waals surface area contributed by atoms with Crippen molar-refractivity contribution in [2.24, 2.45) is 0 Å². The zero-order chi connectivity index (χ0) is 18.1. The summed E-state index contributed by atoms with van der Waals surface area (Å²) >= 11 is 0. The standard InChI is InChI=1S/C16H13F3O4S/c1-10-2-7-14(15(20)21)12(8-10)9-11-3-5-13(6-4-11)24(22,23)16(17,18)19/h2-8H,9H2,1H3,(H,20,21). The van der Waals surface area contributed by atoms with Crippen LogP contribution in [0.2, 0.25) is 0 Å². The number of aromatic carboxylic acids is 1. The Morgan fingerprint density at radius 3 is 2.17 bits per heavy atom. The van der Waals surface area contributed by atoms with Crippen molar-refractivity contribution in [3.63, 3.8) is 0 Å². The molecule has 0 amide bonds. The summed E-state index contributed by atoms with van der Waals surface area (Å²) in [6.07, 6.45) is 0.162. The summed E-state index contributed by atoms with van der Waals surface area (Å²) in [6, 6.07) is 8.99. The summed E-state index contributed by atoms with van der Waals surface area (Å²) in [4.78, 5) is 10.4. The molecule has 128 valence electrons. The molecule has 8 heteroatoms. The molecule has 2 rings (SSSR count). The molecule has 0 aliphatic carbocycles. The maximum Gasteiger partial charge on any atom is 0.501 e. The van der Waals surface area contributed by atoms with Gasteiger partial charge >= 0.3 is 11.5 Å². The Hall–Kier alpha value is -2.35. The van der Waals surface area contributed by atoms with E-state index in [1.807, 2.05) is 0 Å². The molecule has 0 aromatic heterocycles. The SMILES string of the molecule is Cc1ccc(C(=O)O)c(Cc2ccc(S(=O)(=O)C(F)(F)F)cc2)c1. The van der Waals surface area contributed by atoms with E-state index in [-0.39, 0.29) is 12.0 Å². The Bertz CT molecular complexity index is 869. The summed E-state index contributed by atoms with van der Waals surface area (Å²) in [5.41, 5.74) is -3.43. The first-order valence-corrected chi connectivity index (χ1v) is 8.24. The van der Waals surface area contributed by atoms with E-state index in [1.54, 1.807) is 19.1 Å². The van der Waals surface area contributed by atoms with Gasteiger partial charge in [0.1, 0.15) is 0 Å². The lowest BCUT2D eigenvalue weighted by atomic mass is 9.98. The highest BCUT2D eigenvalue weighted by molar-refractivity contribution is 7.92. The number of benzene rings is 2. The van der Waals surface area contributed by atoms with Crippen LogP contribution in [0.1, 0.15) is 27.0 Å². The third-order valence-electron chi connectivity index (χ3n) is 3.42.